The lowest BCUT2D eigenvalue weighted by atomic mass is 10.0. The molecule has 0 unspecified atom stereocenters. The highest BCUT2D eigenvalue weighted by Crippen LogP contribution is 2.27. The van der Waals surface area contributed by atoms with E-state index in [4.69, 9.17) is 16.7 Å². The van der Waals surface area contributed by atoms with Gasteiger partial charge < -0.3 is 11.5 Å². The van der Waals surface area contributed by atoms with Gasteiger partial charge in [-0.1, -0.05) is 12.1 Å². The highest BCUT2D eigenvalue weighted by Gasteiger charge is 2.07. The van der Waals surface area contributed by atoms with Gasteiger partial charge in [0, 0.05) is 5.56 Å². The van der Waals surface area contributed by atoms with Crippen molar-refractivity contribution in [3.8, 4) is 17.2 Å². The number of nitrogen functional groups attached to an aromatic ring is 2. The van der Waals surface area contributed by atoms with Crippen molar-refractivity contribution in [3.63, 3.8) is 0 Å². The summed E-state index contributed by atoms with van der Waals surface area (Å²) in [7, 11) is 0. The molecule has 0 saturated heterocycles. The Morgan fingerprint density at radius 1 is 1.00 bits per heavy atom. The second kappa shape index (κ2) is 4.14. The summed E-state index contributed by atoms with van der Waals surface area (Å²) in [6, 6.07) is 11.1. The van der Waals surface area contributed by atoms with Crippen LogP contribution >= 0.6 is 0 Å². The quantitative estimate of drug-likeness (QED) is 0.735. The second-order valence-corrected chi connectivity index (χ2v) is 3.65. The number of nitrogens with two attached hydrogens (primary N) is 2. The molecule has 0 aliphatic heterocycles. The van der Waals surface area contributed by atoms with E-state index in [2.05, 4.69) is 0 Å². The Bertz CT molecular complexity index is 615. The van der Waals surface area contributed by atoms with Crippen molar-refractivity contribution in [3.05, 3.63) is 47.8 Å². The number of hydrogen-bond donors (Lipinski definition) is 2. The average Bonchev–Trinajstić information content (AvgIpc) is 2.32. The molecule has 0 aliphatic rings. The van der Waals surface area contributed by atoms with Gasteiger partial charge in [0.05, 0.1) is 23.0 Å². The minimum Gasteiger partial charge on any atom is -0.397 e. The molecule has 0 heterocycles. The molecule has 3 nitrogen and oxygen atoms in total. The van der Waals surface area contributed by atoms with E-state index in [1.54, 1.807) is 30.3 Å². The van der Waals surface area contributed by atoms with Crippen LogP contribution in [0.25, 0.3) is 11.1 Å². The van der Waals surface area contributed by atoms with Gasteiger partial charge >= 0.3 is 0 Å². The van der Waals surface area contributed by atoms with E-state index in [0.29, 0.717) is 22.5 Å². The third-order valence-electron chi connectivity index (χ3n) is 2.50. The van der Waals surface area contributed by atoms with Gasteiger partial charge in [0.1, 0.15) is 5.82 Å². The second-order valence-electron chi connectivity index (χ2n) is 3.65. The van der Waals surface area contributed by atoms with Crippen molar-refractivity contribution in [1.29, 1.82) is 5.26 Å². The van der Waals surface area contributed by atoms with Gasteiger partial charge in [-0.2, -0.15) is 5.26 Å². The van der Waals surface area contributed by atoms with Crippen LogP contribution in [0.2, 0.25) is 0 Å². The summed E-state index contributed by atoms with van der Waals surface area (Å²) in [5.74, 6) is -0.451. The Morgan fingerprint density at radius 2 is 1.76 bits per heavy atom. The van der Waals surface area contributed by atoms with Crippen LogP contribution in [0.15, 0.2) is 36.4 Å². The van der Waals surface area contributed by atoms with Crippen LogP contribution < -0.4 is 11.5 Å². The monoisotopic (exact) mass is 227 g/mol. The summed E-state index contributed by atoms with van der Waals surface area (Å²) in [6.07, 6.45) is 0. The summed E-state index contributed by atoms with van der Waals surface area (Å²) in [4.78, 5) is 0. The molecule has 0 atom stereocenters. The van der Waals surface area contributed by atoms with Gasteiger partial charge in [-0.05, 0) is 29.8 Å². The predicted octanol–water partition coefficient (Wildman–Crippen LogP) is 2.53. The molecule has 0 radical (unpaired) electrons. The van der Waals surface area contributed by atoms with E-state index < -0.39 is 5.82 Å². The summed E-state index contributed by atoms with van der Waals surface area (Å²) in [6.45, 7) is 0. The minimum absolute atomic E-state index is 0.287. The van der Waals surface area contributed by atoms with Gasteiger partial charge in [0.15, 0.2) is 0 Å². The first-order valence-electron chi connectivity index (χ1n) is 4.97. The van der Waals surface area contributed by atoms with Crippen molar-refractivity contribution >= 4 is 11.4 Å². The smallest absolute Gasteiger partial charge is 0.132 e. The van der Waals surface area contributed by atoms with Gasteiger partial charge in [0.2, 0.25) is 0 Å². The van der Waals surface area contributed by atoms with E-state index in [9.17, 15) is 4.39 Å². The molecule has 0 fully saturated rings. The minimum atomic E-state index is -0.451. The summed E-state index contributed by atoms with van der Waals surface area (Å²) in [5.41, 5.74) is 13.4. The lowest BCUT2D eigenvalue weighted by Gasteiger charge is -2.06. The molecule has 2 aromatic rings. The average molecular weight is 227 g/mol. The van der Waals surface area contributed by atoms with Crippen molar-refractivity contribution in [2.24, 2.45) is 0 Å². The maximum Gasteiger partial charge on any atom is 0.132 e. The Balaban J connectivity index is 2.54. The van der Waals surface area contributed by atoms with Crippen molar-refractivity contribution in [2.45, 2.75) is 0 Å². The summed E-state index contributed by atoms with van der Waals surface area (Å²) >= 11 is 0. The summed E-state index contributed by atoms with van der Waals surface area (Å²) in [5, 5.41) is 8.65. The third kappa shape index (κ3) is 2.04. The fourth-order valence-electron chi connectivity index (χ4n) is 1.56. The van der Waals surface area contributed by atoms with E-state index >= 15 is 0 Å². The lowest BCUT2D eigenvalue weighted by molar-refractivity contribution is 0.631. The number of benzene rings is 2. The highest BCUT2D eigenvalue weighted by atomic mass is 19.1. The van der Waals surface area contributed by atoms with Crippen LogP contribution in [0.5, 0.6) is 0 Å². The van der Waals surface area contributed by atoms with E-state index in [1.807, 2.05) is 6.07 Å². The van der Waals surface area contributed by atoms with Crippen LogP contribution in [0.1, 0.15) is 5.56 Å². The van der Waals surface area contributed by atoms with Crippen molar-refractivity contribution < 1.29 is 4.39 Å². The largest absolute Gasteiger partial charge is 0.397 e. The molecule has 0 saturated carbocycles. The molecule has 2 aromatic carbocycles. The fourth-order valence-corrected chi connectivity index (χ4v) is 1.56. The zero-order valence-electron chi connectivity index (χ0n) is 8.94. The molecule has 0 aliphatic carbocycles. The van der Waals surface area contributed by atoms with Crippen molar-refractivity contribution in [2.75, 3.05) is 11.5 Å². The first kappa shape index (κ1) is 11.0. The molecular weight excluding hydrogens is 217 g/mol. The summed E-state index contributed by atoms with van der Waals surface area (Å²) < 4.78 is 13.7. The third-order valence-corrected chi connectivity index (χ3v) is 2.50. The predicted molar refractivity (Wildman–Crippen MR) is 65.4 cm³/mol. The maximum absolute atomic E-state index is 13.7. The van der Waals surface area contributed by atoms with Crippen LogP contribution in [-0.4, -0.2) is 0 Å². The van der Waals surface area contributed by atoms with Crippen LogP contribution in [0.3, 0.4) is 0 Å². The lowest BCUT2D eigenvalue weighted by Crippen LogP contribution is -1.95. The molecule has 4 heteroatoms. The number of hydrogen-bond acceptors (Lipinski definition) is 3. The molecule has 4 N–H and O–H groups in total. The fraction of sp³-hybridized carbons (Fsp3) is 0. The van der Waals surface area contributed by atoms with Crippen LogP contribution in [0.4, 0.5) is 15.8 Å². The Kier molecular flexibility index (Phi) is 2.67. The molecule has 0 amide bonds. The normalized spacial score (nSPS) is 9.88. The molecule has 0 aromatic heterocycles. The van der Waals surface area contributed by atoms with Crippen LogP contribution in [0, 0.1) is 17.1 Å². The van der Waals surface area contributed by atoms with Gasteiger partial charge in [0.25, 0.3) is 0 Å². The van der Waals surface area contributed by atoms with E-state index in [0.717, 1.165) is 0 Å². The maximum atomic E-state index is 13.7. The zero-order valence-corrected chi connectivity index (χ0v) is 8.94. The molecule has 0 spiro atoms. The highest BCUT2D eigenvalue weighted by molar-refractivity contribution is 5.75. The molecule has 2 rings (SSSR count). The molecular formula is C13H10FN3. The van der Waals surface area contributed by atoms with Gasteiger partial charge in [-0.3, -0.25) is 0 Å². The molecule has 17 heavy (non-hydrogen) atoms. The number of anilines is 2. The Labute approximate surface area is 98.1 Å². The first-order valence-corrected chi connectivity index (χ1v) is 4.97. The zero-order chi connectivity index (χ0) is 12.4. The number of nitrogens with zero attached hydrogens (tertiary/aromatic N) is 1. The van der Waals surface area contributed by atoms with E-state index in [-0.39, 0.29) is 5.56 Å². The molecule has 84 valence electrons. The first-order chi connectivity index (χ1) is 8.11. The van der Waals surface area contributed by atoms with Gasteiger partial charge in [-0.25, -0.2) is 4.39 Å². The number of nitriles is 1. The van der Waals surface area contributed by atoms with E-state index in [1.165, 1.54) is 6.07 Å². The number of rotatable bonds is 1. The standard InChI is InChI=1S/C13H10FN3/c14-11-5-8(7-15)1-3-10(11)9-2-4-12(16)13(17)6-9/h1-6H,16-17H2. The Morgan fingerprint density at radius 3 is 2.35 bits per heavy atom. The van der Waals surface area contributed by atoms with Crippen molar-refractivity contribution in [1.82, 2.24) is 0 Å². The Hall–Kier alpha value is -2.54. The van der Waals surface area contributed by atoms with Gasteiger partial charge in [-0.15, -0.1) is 0 Å². The molecule has 0 bridgehead atoms. The van der Waals surface area contributed by atoms with Crippen LogP contribution in [-0.2, 0) is 0 Å². The number of halogens is 1. The topological polar surface area (TPSA) is 75.8 Å². The SMILES string of the molecule is N#Cc1ccc(-c2ccc(N)c(N)c2)c(F)c1.